The van der Waals surface area contributed by atoms with Gasteiger partial charge in [0.2, 0.25) is 0 Å². The number of amides is 2. The van der Waals surface area contributed by atoms with Crippen LogP contribution < -0.4 is 15.9 Å². The fraction of sp³-hybridized carbons (Fsp3) is 0.100. The molecule has 1 aliphatic rings. The molecule has 1 heterocycles. The monoisotopic (exact) mass is 479 g/mol. The molecule has 2 amide bonds. The first-order valence-corrected chi connectivity index (χ1v) is 13.5. The molecule has 0 radical (unpaired) electrons. The van der Waals surface area contributed by atoms with Gasteiger partial charge in [-0.2, -0.15) is 0 Å². The van der Waals surface area contributed by atoms with Crippen molar-refractivity contribution in [2.24, 2.45) is 0 Å². The summed E-state index contributed by atoms with van der Waals surface area (Å²) in [5, 5.41) is 3.16. The lowest BCUT2D eigenvalue weighted by atomic mass is 10.1. The summed E-state index contributed by atoms with van der Waals surface area (Å²) in [5.74, 6) is 1.47. The van der Waals surface area contributed by atoms with E-state index in [4.69, 9.17) is 4.74 Å². The van der Waals surface area contributed by atoms with Crippen LogP contribution in [0.5, 0.6) is 0 Å². The summed E-state index contributed by atoms with van der Waals surface area (Å²) in [5.41, 5.74) is 1.06. The number of carbonyl (C=O) groups is 2. The molecule has 0 unspecified atom stereocenters. The maximum absolute atomic E-state index is 14.0. The molecule has 0 N–H and O–H groups in total. The first-order chi connectivity index (χ1) is 17.2. The molecule has 1 aliphatic heterocycles. The highest BCUT2D eigenvalue weighted by molar-refractivity contribution is 7.95. The summed E-state index contributed by atoms with van der Waals surface area (Å²) in [4.78, 5) is 28.1. The molecule has 4 aromatic carbocycles. The summed E-state index contributed by atoms with van der Waals surface area (Å²) in [6.07, 6.45) is -0.0287. The van der Waals surface area contributed by atoms with Crippen LogP contribution in [0.1, 0.15) is 5.56 Å². The molecular formula is C30H26NO3P. The average Bonchev–Trinajstić information content (AvgIpc) is 3.29. The molecular weight excluding hydrogens is 453 g/mol. The Kier molecular flexibility index (Phi) is 6.65. The van der Waals surface area contributed by atoms with Gasteiger partial charge in [0.05, 0.1) is 6.04 Å². The number of cyclic esters (lactones) is 1. The smallest absolute Gasteiger partial charge is 0.417 e. The predicted molar refractivity (Wildman–Crippen MR) is 143 cm³/mol. The van der Waals surface area contributed by atoms with Crippen LogP contribution in [0.25, 0.3) is 0 Å². The van der Waals surface area contributed by atoms with Gasteiger partial charge in [-0.15, -0.1) is 0 Å². The Morgan fingerprint density at radius 3 is 1.63 bits per heavy atom. The Labute approximate surface area is 205 Å². The van der Waals surface area contributed by atoms with Gasteiger partial charge in [0.15, 0.2) is 0 Å². The third kappa shape index (κ3) is 4.58. The summed E-state index contributed by atoms with van der Waals surface area (Å²) in [6, 6.07) is 39.9. The van der Waals surface area contributed by atoms with Gasteiger partial charge < -0.3 is 4.74 Å². The van der Waals surface area contributed by atoms with Gasteiger partial charge in [0.1, 0.15) is 6.61 Å². The highest BCUT2D eigenvalue weighted by Crippen LogP contribution is 2.43. The average molecular weight is 480 g/mol. The second-order valence-electron chi connectivity index (χ2n) is 8.49. The number of ether oxygens (including phenoxy) is 1. The molecule has 4 aromatic rings. The number of hydrogen-bond donors (Lipinski definition) is 0. The molecule has 0 aromatic heterocycles. The van der Waals surface area contributed by atoms with Crippen LogP contribution in [-0.4, -0.2) is 35.3 Å². The molecule has 174 valence electrons. The van der Waals surface area contributed by atoms with Gasteiger partial charge in [-0.3, -0.25) is 4.79 Å². The van der Waals surface area contributed by atoms with Gasteiger partial charge >= 0.3 is 6.09 Å². The number of rotatable bonds is 6. The predicted octanol–water partition coefficient (Wildman–Crippen LogP) is 4.37. The molecule has 0 bridgehead atoms. The molecule has 5 rings (SSSR count). The number of carbonyl (C=O) groups excluding carboxylic acids is 2. The summed E-state index contributed by atoms with van der Waals surface area (Å²) >= 11 is 0. The van der Waals surface area contributed by atoms with Crippen LogP contribution in [0.4, 0.5) is 4.79 Å². The van der Waals surface area contributed by atoms with E-state index >= 15 is 0 Å². The molecule has 1 fully saturated rings. The zero-order valence-electron chi connectivity index (χ0n) is 19.2. The van der Waals surface area contributed by atoms with Crippen molar-refractivity contribution < 1.29 is 14.3 Å². The molecule has 1 saturated heterocycles. The first kappa shape index (κ1) is 22.9. The Morgan fingerprint density at radius 1 is 0.743 bits per heavy atom. The van der Waals surface area contributed by atoms with Crippen LogP contribution >= 0.6 is 6.89 Å². The maximum atomic E-state index is 14.0. The van der Waals surface area contributed by atoms with Crippen molar-refractivity contribution in [3.63, 3.8) is 0 Å². The first-order valence-electron chi connectivity index (χ1n) is 11.6. The second kappa shape index (κ2) is 10.2. The summed E-state index contributed by atoms with van der Waals surface area (Å²) in [7, 11) is 0. The van der Waals surface area contributed by atoms with E-state index in [0.29, 0.717) is 6.42 Å². The van der Waals surface area contributed by atoms with Crippen molar-refractivity contribution in [2.75, 3.05) is 6.61 Å². The van der Waals surface area contributed by atoms with E-state index in [2.05, 4.69) is 36.4 Å². The minimum Gasteiger partial charge on any atom is -0.447 e. The van der Waals surface area contributed by atoms with Gasteiger partial charge in [0.25, 0.3) is 5.91 Å². The molecule has 35 heavy (non-hydrogen) atoms. The summed E-state index contributed by atoms with van der Waals surface area (Å²) < 4.78 is 5.36. The largest absolute Gasteiger partial charge is 0.447 e. The van der Waals surface area contributed by atoms with E-state index < -0.39 is 13.0 Å². The van der Waals surface area contributed by atoms with Crippen molar-refractivity contribution in [2.45, 2.75) is 12.5 Å². The Balaban J connectivity index is 1.68. The van der Waals surface area contributed by atoms with Gasteiger partial charge in [-0.25, -0.2) is 9.69 Å². The van der Waals surface area contributed by atoms with Crippen LogP contribution in [0.3, 0.4) is 0 Å². The minimum absolute atomic E-state index is 0.195. The third-order valence-electron chi connectivity index (χ3n) is 6.31. The molecule has 0 saturated carbocycles. The minimum atomic E-state index is -2.52. The third-order valence-corrected chi connectivity index (χ3v) is 10.3. The zero-order valence-corrected chi connectivity index (χ0v) is 20.1. The summed E-state index contributed by atoms with van der Waals surface area (Å²) in [6.45, 7) is -2.33. The highest BCUT2D eigenvalue weighted by Gasteiger charge is 2.38. The Hall–Kier alpha value is -3.88. The van der Waals surface area contributed by atoms with Crippen molar-refractivity contribution in [3.05, 3.63) is 127 Å². The number of imide groups is 1. The SMILES string of the molecule is O=C(C=P(c1ccccc1)(c1ccccc1)c1ccccc1)N1C(=O)OC[C@@H]1Cc1ccccc1. The normalized spacial score (nSPS) is 15.5. The number of benzene rings is 4. The van der Waals surface area contributed by atoms with E-state index in [1.54, 1.807) is 5.80 Å². The zero-order chi connectivity index (χ0) is 24.1. The fourth-order valence-electron chi connectivity index (χ4n) is 4.66. The quantitative estimate of drug-likeness (QED) is 0.386. The van der Waals surface area contributed by atoms with Crippen LogP contribution in [-0.2, 0) is 16.0 Å². The Bertz CT molecular complexity index is 1250. The van der Waals surface area contributed by atoms with Crippen molar-refractivity contribution in [1.29, 1.82) is 0 Å². The topological polar surface area (TPSA) is 46.6 Å². The molecule has 0 aliphatic carbocycles. The number of nitrogens with zero attached hydrogens (tertiary/aromatic N) is 1. The lowest BCUT2D eigenvalue weighted by Crippen LogP contribution is -2.42. The maximum Gasteiger partial charge on any atom is 0.417 e. The van der Waals surface area contributed by atoms with E-state index in [-0.39, 0.29) is 18.6 Å². The lowest BCUT2D eigenvalue weighted by Gasteiger charge is -2.29. The van der Waals surface area contributed by atoms with Crippen LogP contribution in [0, 0.1) is 0 Å². The van der Waals surface area contributed by atoms with Gasteiger partial charge in [-0.1, -0.05) is 121 Å². The van der Waals surface area contributed by atoms with Crippen molar-refractivity contribution >= 4 is 40.6 Å². The highest BCUT2D eigenvalue weighted by atomic mass is 31.2. The molecule has 4 nitrogen and oxygen atoms in total. The molecule has 1 atom stereocenters. The Morgan fingerprint density at radius 2 is 1.17 bits per heavy atom. The second-order valence-corrected chi connectivity index (χ2v) is 11.7. The van der Waals surface area contributed by atoms with Gasteiger partial charge in [0, 0.05) is 5.80 Å². The van der Waals surface area contributed by atoms with E-state index in [1.165, 1.54) is 4.90 Å². The van der Waals surface area contributed by atoms with E-state index in [1.807, 2.05) is 84.9 Å². The molecule has 5 heteroatoms. The lowest BCUT2D eigenvalue weighted by molar-refractivity contribution is -0.121. The standard InChI is InChI=1S/C30H26NO3P/c32-29(31-25(22-34-30(31)33)21-24-13-5-1-6-14-24)23-35(26-15-7-2-8-16-26,27-17-9-3-10-18-27)28-19-11-4-12-20-28/h1-20,23,25H,21-22H2/t25-/m0/s1. The van der Waals surface area contributed by atoms with Gasteiger partial charge in [-0.05, 0) is 34.8 Å². The van der Waals surface area contributed by atoms with E-state index in [9.17, 15) is 9.59 Å². The fourth-order valence-corrected chi connectivity index (χ4v) is 8.38. The van der Waals surface area contributed by atoms with Crippen LogP contribution in [0.2, 0.25) is 0 Å². The van der Waals surface area contributed by atoms with Crippen molar-refractivity contribution in [1.82, 2.24) is 4.90 Å². The number of hydrogen-bond acceptors (Lipinski definition) is 3. The van der Waals surface area contributed by atoms with Crippen LogP contribution in [0.15, 0.2) is 121 Å². The van der Waals surface area contributed by atoms with E-state index in [0.717, 1.165) is 21.5 Å². The van der Waals surface area contributed by atoms with Crippen molar-refractivity contribution in [3.8, 4) is 0 Å². The molecule has 0 spiro atoms.